The molecule has 1 aromatic rings. The minimum atomic E-state index is -3.14. The van der Waals surface area contributed by atoms with Gasteiger partial charge in [-0.3, -0.25) is 4.99 Å². The van der Waals surface area contributed by atoms with E-state index in [0.29, 0.717) is 17.5 Å². The number of hydrogen-bond donors (Lipinski definition) is 2. The maximum atomic E-state index is 11.5. The van der Waals surface area contributed by atoms with Crippen molar-refractivity contribution in [3.05, 3.63) is 29.8 Å². The van der Waals surface area contributed by atoms with E-state index in [1.807, 2.05) is 12.1 Å². The van der Waals surface area contributed by atoms with Crippen LogP contribution in [0.25, 0.3) is 0 Å². The number of benzene rings is 1. The molecule has 0 amide bonds. The summed E-state index contributed by atoms with van der Waals surface area (Å²) in [6.45, 7) is 2.93. The average Bonchev–Trinajstić information content (AvgIpc) is 2.53. The van der Waals surface area contributed by atoms with Gasteiger partial charge in [-0.05, 0) is 49.3 Å². The van der Waals surface area contributed by atoms with Crippen LogP contribution in [0.2, 0.25) is 0 Å². The first kappa shape index (κ1) is 21.2. The standard InChI is InChI=1S/C17H27N3O2S.HI/c1-13-4-8-15(9-5-13)20-17(18-2)19-12-14-6-10-16(11-7-14)23(3,21)22;/h6-7,10-11,13,15H,4-5,8-9,12H2,1-3H3,(H2,18,19,20);1H. The van der Waals surface area contributed by atoms with Crippen LogP contribution in [0.1, 0.15) is 38.2 Å². The Kier molecular flexibility index (Phi) is 8.49. The molecule has 136 valence electrons. The molecular formula is C17H28IN3O2S. The van der Waals surface area contributed by atoms with Crippen molar-refractivity contribution in [1.82, 2.24) is 10.6 Å². The summed E-state index contributed by atoms with van der Waals surface area (Å²) in [6, 6.07) is 7.44. The quantitative estimate of drug-likeness (QED) is 0.408. The van der Waals surface area contributed by atoms with Crippen molar-refractivity contribution in [2.75, 3.05) is 13.3 Å². The second kappa shape index (κ2) is 9.60. The fraction of sp³-hybridized carbons (Fsp3) is 0.588. The second-order valence-corrected chi connectivity index (χ2v) is 8.46. The van der Waals surface area contributed by atoms with Crippen molar-refractivity contribution in [1.29, 1.82) is 0 Å². The zero-order chi connectivity index (χ0) is 16.9. The van der Waals surface area contributed by atoms with Gasteiger partial charge >= 0.3 is 0 Å². The molecule has 1 aliphatic carbocycles. The molecule has 0 heterocycles. The van der Waals surface area contributed by atoms with Crippen molar-refractivity contribution >= 4 is 39.8 Å². The molecular weight excluding hydrogens is 437 g/mol. The fourth-order valence-electron chi connectivity index (χ4n) is 2.83. The molecule has 1 saturated carbocycles. The third kappa shape index (κ3) is 6.58. The summed E-state index contributed by atoms with van der Waals surface area (Å²) >= 11 is 0. The third-order valence-corrected chi connectivity index (χ3v) is 5.52. The van der Waals surface area contributed by atoms with Gasteiger partial charge in [0.2, 0.25) is 0 Å². The topological polar surface area (TPSA) is 70.6 Å². The maximum absolute atomic E-state index is 11.5. The van der Waals surface area contributed by atoms with Crippen LogP contribution in [0.15, 0.2) is 34.2 Å². The van der Waals surface area contributed by atoms with Crippen LogP contribution >= 0.6 is 24.0 Å². The average molecular weight is 465 g/mol. The summed E-state index contributed by atoms with van der Waals surface area (Å²) in [4.78, 5) is 4.62. The van der Waals surface area contributed by atoms with Crippen molar-refractivity contribution in [2.24, 2.45) is 10.9 Å². The van der Waals surface area contributed by atoms with Gasteiger partial charge in [0.15, 0.2) is 15.8 Å². The van der Waals surface area contributed by atoms with E-state index in [0.717, 1.165) is 17.4 Å². The number of halogens is 1. The van der Waals surface area contributed by atoms with E-state index < -0.39 is 9.84 Å². The molecule has 1 aliphatic rings. The first-order chi connectivity index (χ1) is 10.9. The third-order valence-electron chi connectivity index (χ3n) is 4.39. The van der Waals surface area contributed by atoms with Crippen molar-refractivity contribution in [3.63, 3.8) is 0 Å². The molecule has 0 atom stereocenters. The summed E-state index contributed by atoms with van der Waals surface area (Å²) in [5.41, 5.74) is 1.03. The lowest BCUT2D eigenvalue weighted by atomic mass is 9.87. The minimum absolute atomic E-state index is 0. The van der Waals surface area contributed by atoms with E-state index in [4.69, 9.17) is 0 Å². The molecule has 2 N–H and O–H groups in total. The Labute approximate surface area is 162 Å². The number of guanidine groups is 1. The number of rotatable bonds is 4. The smallest absolute Gasteiger partial charge is 0.191 e. The highest BCUT2D eigenvalue weighted by Gasteiger charge is 2.18. The predicted molar refractivity (Wildman–Crippen MR) is 110 cm³/mol. The van der Waals surface area contributed by atoms with Crippen molar-refractivity contribution in [2.45, 2.75) is 50.1 Å². The van der Waals surface area contributed by atoms with E-state index in [-0.39, 0.29) is 24.0 Å². The van der Waals surface area contributed by atoms with Crippen LogP contribution in [0, 0.1) is 5.92 Å². The first-order valence-electron chi connectivity index (χ1n) is 8.14. The lowest BCUT2D eigenvalue weighted by Gasteiger charge is -2.28. The van der Waals surface area contributed by atoms with Crippen molar-refractivity contribution < 1.29 is 8.42 Å². The molecule has 0 saturated heterocycles. The van der Waals surface area contributed by atoms with Gasteiger partial charge in [-0.25, -0.2) is 8.42 Å². The maximum Gasteiger partial charge on any atom is 0.191 e. The molecule has 1 fully saturated rings. The molecule has 1 aromatic carbocycles. The van der Waals surface area contributed by atoms with Crippen LogP contribution in [-0.2, 0) is 16.4 Å². The Hall–Kier alpha value is -0.830. The largest absolute Gasteiger partial charge is 0.354 e. The molecule has 2 rings (SSSR count). The monoisotopic (exact) mass is 465 g/mol. The lowest BCUT2D eigenvalue weighted by Crippen LogP contribution is -2.44. The molecule has 0 aromatic heterocycles. The van der Waals surface area contributed by atoms with Crippen LogP contribution < -0.4 is 10.6 Å². The van der Waals surface area contributed by atoms with E-state index >= 15 is 0 Å². The molecule has 5 nitrogen and oxygen atoms in total. The highest BCUT2D eigenvalue weighted by molar-refractivity contribution is 14.0. The summed E-state index contributed by atoms with van der Waals surface area (Å²) in [5, 5.41) is 6.77. The number of nitrogens with zero attached hydrogens (tertiary/aromatic N) is 1. The number of nitrogens with one attached hydrogen (secondary N) is 2. The van der Waals surface area contributed by atoms with Gasteiger partial charge in [-0.1, -0.05) is 19.1 Å². The van der Waals surface area contributed by atoms with Gasteiger partial charge in [0.05, 0.1) is 4.90 Å². The number of hydrogen-bond acceptors (Lipinski definition) is 3. The van der Waals surface area contributed by atoms with Crippen LogP contribution in [0.5, 0.6) is 0 Å². The Morgan fingerprint density at radius 2 is 1.75 bits per heavy atom. The molecule has 0 aliphatic heterocycles. The molecule has 7 heteroatoms. The van der Waals surface area contributed by atoms with Crippen molar-refractivity contribution in [3.8, 4) is 0 Å². The first-order valence-corrected chi connectivity index (χ1v) is 10.0. The van der Waals surface area contributed by atoms with Gasteiger partial charge in [-0.2, -0.15) is 0 Å². The highest BCUT2D eigenvalue weighted by Crippen LogP contribution is 2.23. The van der Waals surface area contributed by atoms with Gasteiger partial charge in [-0.15, -0.1) is 24.0 Å². The normalized spacial score (nSPS) is 21.7. The fourth-order valence-corrected chi connectivity index (χ4v) is 3.46. The van der Waals surface area contributed by atoms with Gasteiger partial charge in [0.25, 0.3) is 0 Å². The Balaban J connectivity index is 0.00000288. The predicted octanol–water partition coefficient (Wildman–Crippen LogP) is 2.95. The van der Waals surface area contributed by atoms with Crippen LogP contribution in [0.4, 0.5) is 0 Å². The molecule has 0 bridgehead atoms. The van der Waals surface area contributed by atoms with Crippen LogP contribution in [-0.4, -0.2) is 33.7 Å². The Morgan fingerprint density at radius 3 is 2.25 bits per heavy atom. The van der Waals surface area contributed by atoms with Gasteiger partial charge in [0, 0.05) is 25.9 Å². The summed E-state index contributed by atoms with van der Waals surface area (Å²) < 4.78 is 22.9. The SMILES string of the molecule is CN=C(NCc1ccc(S(C)(=O)=O)cc1)NC1CCC(C)CC1.I. The second-order valence-electron chi connectivity index (χ2n) is 6.44. The zero-order valence-electron chi connectivity index (χ0n) is 14.6. The molecule has 0 radical (unpaired) electrons. The Bertz CT molecular complexity index is 636. The summed E-state index contributed by atoms with van der Waals surface area (Å²) in [7, 11) is -1.36. The Morgan fingerprint density at radius 1 is 1.17 bits per heavy atom. The number of aliphatic imine (C=N–C) groups is 1. The summed E-state index contributed by atoms with van der Waals surface area (Å²) in [6.07, 6.45) is 6.12. The van der Waals surface area contributed by atoms with E-state index in [1.54, 1.807) is 19.2 Å². The summed E-state index contributed by atoms with van der Waals surface area (Å²) in [5.74, 6) is 1.63. The minimum Gasteiger partial charge on any atom is -0.354 e. The van der Waals surface area contributed by atoms with Gasteiger partial charge in [0.1, 0.15) is 0 Å². The highest BCUT2D eigenvalue weighted by atomic mass is 127. The lowest BCUT2D eigenvalue weighted by molar-refractivity contribution is 0.329. The van der Waals surface area contributed by atoms with Gasteiger partial charge < -0.3 is 10.6 Å². The van der Waals surface area contributed by atoms with E-state index in [1.165, 1.54) is 31.9 Å². The molecule has 0 spiro atoms. The molecule has 0 unspecified atom stereocenters. The van der Waals surface area contributed by atoms with E-state index in [2.05, 4.69) is 22.5 Å². The van der Waals surface area contributed by atoms with Crippen LogP contribution in [0.3, 0.4) is 0 Å². The van der Waals surface area contributed by atoms with E-state index in [9.17, 15) is 8.42 Å². The molecule has 24 heavy (non-hydrogen) atoms. The zero-order valence-corrected chi connectivity index (χ0v) is 17.7. The number of sulfone groups is 1.